The maximum absolute atomic E-state index is 12.2. The Balaban J connectivity index is 1.96. The number of nitriles is 1. The molecule has 1 heterocycles. The van der Waals surface area contributed by atoms with Gasteiger partial charge in [0.25, 0.3) is 0 Å². The van der Waals surface area contributed by atoms with Gasteiger partial charge in [-0.15, -0.1) is 0 Å². The summed E-state index contributed by atoms with van der Waals surface area (Å²) in [6, 6.07) is 7.85. The first-order valence-corrected chi connectivity index (χ1v) is 10.1. The van der Waals surface area contributed by atoms with Crippen molar-refractivity contribution in [3.8, 4) is 6.19 Å². The van der Waals surface area contributed by atoms with Gasteiger partial charge in [0.15, 0.2) is 6.19 Å². The third-order valence-corrected chi connectivity index (χ3v) is 4.77. The summed E-state index contributed by atoms with van der Waals surface area (Å²) >= 11 is 0. The van der Waals surface area contributed by atoms with Crippen molar-refractivity contribution in [2.75, 3.05) is 31.1 Å². The van der Waals surface area contributed by atoms with Crippen LogP contribution in [0.15, 0.2) is 24.3 Å². The number of piperidine rings is 1. The number of benzene rings is 1. The molecule has 1 amide bonds. The van der Waals surface area contributed by atoms with Crippen molar-refractivity contribution in [2.24, 2.45) is 0 Å². The molecule has 0 aliphatic carbocycles. The van der Waals surface area contributed by atoms with E-state index in [1.54, 1.807) is 11.8 Å². The van der Waals surface area contributed by atoms with Crippen LogP contribution >= 0.6 is 0 Å². The predicted octanol–water partition coefficient (Wildman–Crippen LogP) is 4.04. The highest BCUT2D eigenvalue weighted by molar-refractivity contribution is 5.70. The molecule has 1 aliphatic heterocycles. The molecule has 1 aliphatic rings. The van der Waals surface area contributed by atoms with Crippen LogP contribution in [0.2, 0.25) is 0 Å². The summed E-state index contributed by atoms with van der Waals surface area (Å²) in [7, 11) is 0. The lowest BCUT2D eigenvalue weighted by molar-refractivity contribution is -0.142. The third-order valence-electron chi connectivity index (χ3n) is 4.77. The molecular formula is C22H31N3O4. The second kappa shape index (κ2) is 10.1. The van der Waals surface area contributed by atoms with Gasteiger partial charge < -0.3 is 14.4 Å². The molecule has 7 heteroatoms. The molecule has 29 heavy (non-hydrogen) atoms. The summed E-state index contributed by atoms with van der Waals surface area (Å²) in [6.45, 7) is 9.28. The maximum atomic E-state index is 12.2. The van der Waals surface area contributed by atoms with E-state index in [9.17, 15) is 14.9 Å². The van der Waals surface area contributed by atoms with Crippen molar-refractivity contribution in [2.45, 2.75) is 58.5 Å². The van der Waals surface area contributed by atoms with Crippen molar-refractivity contribution in [3.63, 3.8) is 0 Å². The highest BCUT2D eigenvalue weighted by atomic mass is 16.6. The van der Waals surface area contributed by atoms with Crippen LogP contribution in [0.25, 0.3) is 0 Å². The number of anilines is 1. The van der Waals surface area contributed by atoms with Gasteiger partial charge in [-0.05, 0) is 64.2 Å². The molecular weight excluding hydrogens is 370 g/mol. The van der Waals surface area contributed by atoms with Crippen LogP contribution in [0, 0.1) is 11.5 Å². The third kappa shape index (κ3) is 6.97. The minimum absolute atomic E-state index is 0.167. The van der Waals surface area contributed by atoms with Gasteiger partial charge in [0.2, 0.25) is 0 Å². The van der Waals surface area contributed by atoms with Gasteiger partial charge in [-0.3, -0.25) is 9.69 Å². The number of carbonyl (C=O) groups is 2. The first-order chi connectivity index (χ1) is 13.7. The quantitative estimate of drug-likeness (QED) is 0.406. The van der Waals surface area contributed by atoms with Crippen molar-refractivity contribution < 1.29 is 19.1 Å². The number of likely N-dealkylation sites (tertiary alicyclic amines) is 1. The lowest BCUT2D eigenvalue weighted by Crippen LogP contribution is -2.41. The molecule has 1 aromatic rings. The molecule has 1 fully saturated rings. The molecule has 0 atom stereocenters. The van der Waals surface area contributed by atoms with E-state index in [-0.39, 0.29) is 25.0 Å². The zero-order chi connectivity index (χ0) is 21.4. The summed E-state index contributed by atoms with van der Waals surface area (Å²) in [5, 5.41) is 9.48. The fraction of sp³-hybridized carbons (Fsp3) is 0.591. The molecule has 7 nitrogen and oxygen atoms in total. The summed E-state index contributed by atoms with van der Waals surface area (Å²) in [5.41, 5.74) is 1.42. The van der Waals surface area contributed by atoms with Crippen LogP contribution in [-0.2, 0) is 14.3 Å². The number of rotatable bonds is 6. The molecule has 0 N–H and O–H groups in total. The van der Waals surface area contributed by atoms with Crippen LogP contribution in [0.5, 0.6) is 0 Å². The lowest BCUT2D eigenvalue weighted by atomic mass is 9.89. The zero-order valence-electron chi connectivity index (χ0n) is 17.8. The molecule has 0 unspecified atom stereocenters. The van der Waals surface area contributed by atoms with E-state index >= 15 is 0 Å². The SMILES string of the molecule is CCOC(=O)CCN(C#N)c1cccc(C2CCN(C(=O)OC(C)(C)C)CC2)c1. The number of esters is 1. The van der Waals surface area contributed by atoms with E-state index < -0.39 is 5.60 Å². The molecule has 0 radical (unpaired) electrons. The molecule has 0 bridgehead atoms. The summed E-state index contributed by atoms with van der Waals surface area (Å²) in [4.78, 5) is 27.1. The molecule has 1 aromatic carbocycles. The van der Waals surface area contributed by atoms with E-state index in [0.717, 1.165) is 24.1 Å². The van der Waals surface area contributed by atoms with E-state index in [1.807, 2.05) is 39.0 Å². The Morgan fingerprint density at radius 3 is 2.55 bits per heavy atom. The van der Waals surface area contributed by atoms with Gasteiger partial charge in [0.1, 0.15) is 5.60 Å². The Labute approximate surface area is 173 Å². The smallest absolute Gasteiger partial charge is 0.410 e. The van der Waals surface area contributed by atoms with Crippen LogP contribution in [0.4, 0.5) is 10.5 Å². The highest BCUT2D eigenvalue weighted by Gasteiger charge is 2.27. The number of ether oxygens (including phenoxy) is 2. The number of carbonyl (C=O) groups excluding carboxylic acids is 2. The summed E-state index contributed by atoms with van der Waals surface area (Å²) in [6.07, 6.45) is 3.74. The molecule has 2 rings (SSSR count). The van der Waals surface area contributed by atoms with Gasteiger partial charge in [-0.25, -0.2) is 4.79 Å². The average molecular weight is 402 g/mol. The maximum Gasteiger partial charge on any atom is 0.410 e. The second-order valence-corrected chi connectivity index (χ2v) is 8.14. The fourth-order valence-corrected chi connectivity index (χ4v) is 3.34. The standard InChI is InChI=1S/C22H31N3O4/c1-5-28-20(26)11-14-25(16-23)19-8-6-7-18(15-19)17-9-12-24(13-10-17)21(27)29-22(2,3)4/h6-8,15,17H,5,9-14H2,1-4H3. The van der Waals surface area contributed by atoms with Crippen LogP contribution in [0.3, 0.4) is 0 Å². The minimum Gasteiger partial charge on any atom is -0.466 e. The van der Waals surface area contributed by atoms with Crippen LogP contribution < -0.4 is 4.90 Å². The monoisotopic (exact) mass is 401 g/mol. The fourth-order valence-electron chi connectivity index (χ4n) is 3.34. The van der Waals surface area contributed by atoms with Gasteiger partial charge in [-0.2, -0.15) is 5.26 Å². The molecule has 0 saturated carbocycles. The normalized spacial score (nSPS) is 14.8. The first kappa shape index (κ1) is 22.5. The number of hydrogen-bond donors (Lipinski definition) is 0. The molecule has 0 aromatic heterocycles. The lowest BCUT2D eigenvalue weighted by Gasteiger charge is -2.33. The summed E-state index contributed by atoms with van der Waals surface area (Å²) < 4.78 is 10.4. The van der Waals surface area contributed by atoms with Crippen molar-refractivity contribution in [1.82, 2.24) is 4.90 Å². The van der Waals surface area contributed by atoms with E-state index in [2.05, 4.69) is 12.3 Å². The van der Waals surface area contributed by atoms with Crippen LogP contribution in [-0.4, -0.2) is 48.8 Å². The number of amides is 1. The van der Waals surface area contributed by atoms with Gasteiger partial charge in [0.05, 0.1) is 18.7 Å². The van der Waals surface area contributed by atoms with E-state index in [1.165, 1.54) is 4.90 Å². The topological polar surface area (TPSA) is 82.9 Å². The minimum atomic E-state index is -0.493. The largest absolute Gasteiger partial charge is 0.466 e. The number of hydrogen-bond acceptors (Lipinski definition) is 6. The second-order valence-electron chi connectivity index (χ2n) is 8.14. The van der Waals surface area contributed by atoms with E-state index in [0.29, 0.717) is 25.6 Å². The Morgan fingerprint density at radius 2 is 1.97 bits per heavy atom. The average Bonchev–Trinajstić information content (AvgIpc) is 2.68. The van der Waals surface area contributed by atoms with Gasteiger partial charge >= 0.3 is 12.1 Å². The molecule has 0 spiro atoms. The van der Waals surface area contributed by atoms with Gasteiger partial charge in [-0.1, -0.05) is 12.1 Å². The molecule has 158 valence electrons. The Kier molecular flexibility index (Phi) is 7.89. The van der Waals surface area contributed by atoms with Gasteiger partial charge in [0, 0.05) is 19.6 Å². The Morgan fingerprint density at radius 1 is 1.28 bits per heavy atom. The van der Waals surface area contributed by atoms with Crippen molar-refractivity contribution >= 4 is 17.7 Å². The van der Waals surface area contributed by atoms with Crippen LogP contribution in [0.1, 0.15) is 58.4 Å². The molecule has 1 saturated heterocycles. The Hall–Kier alpha value is -2.75. The van der Waals surface area contributed by atoms with Crippen molar-refractivity contribution in [3.05, 3.63) is 29.8 Å². The number of nitrogens with zero attached hydrogens (tertiary/aromatic N) is 3. The zero-order valence-corrected chi connectivity index (χ0v) is 17.8. The first-order valence-electron chi connectivity index (χ1n) is 10.1. The van der Waals surface area contributed by atoms with E-state index in [4.69, 9.17) is 9.47 Å². The van der Waals surface area contributed by atoms with Crippen molar-refractivity contribution in [1.29, 1.82) is 5.26 Å². The predicted molar refractivity (Wildman–Crippen MR) is 110 cm³/mol. The summed E-state index contributed by atoms with van der Waals surface area (Å²) in [5.74, 6) is 0.0117. The Bertz CT molecular complexity index is 743. The highest BCUT2D eigenvalue weighted by Crippen LogP contribution is 2.31.